The van der Waals surface area contributed by atoms with Gasteiger partial charge in [-0.15, -0.1) is 0 Å². The molecule has 324 valence electrons. The van der Waals surface area contributed by atoms with Crippen molar-refractivity contribution in [3.05, 3.63) is 122 Å². The number of halogens is 5. The van der Waals surface area contributed by atoms with Crippen LogP contribution in [0.25, 0.3) is 11.1 Å². The Labute approximate surface area is 343 Å². The average molecular weight is 845 g/mol. The molecule has 0 spiro atoms. The van der Waals surface area contributed by atoms with Crippen LogP contribution in [0, 0.1) is 11.6 Å². The number of aliphatic hydroxyl groups excluding tert-OH is 2. The third-order valence-corrected chi connectivity index (χ3v) is 10.4. The SMILES string of the molecule is CCN(CC)CCN(CCCc1ccc(-c2ccc(C(F)(F)F)cc2)cc1)C(=O)Cn1c(CCc2cccc(F)c2F)nc(=O)c2c1CCC2.O=C(O)[C@H](O)[C@@H](O)C(=O)O. The third kappa shape index (κ3) is 12.7. The first-order chi connectivity index (χ1) is 28.4. The molecule has 1 aliphatic carbocycles. The van der Waals surface area contributed by atoms with Gasteiger partial charge in [0.05, 0.1) is 5.56 Å². The van der Waals surface area contributed by atoms with Crippen LogP contribution in [0.5, 0.6) is 0 Å². The zero-order valence-corrected chi connectivity index (χ0v) is 33.3. The zero-order chi connectivity index (χ0) is 44.1. The van der Waals surface area contributed by atoms with Gasteiger partial charge in [0, 0.05) is 37.3 Å². The second-order valence-electron chi connectivity index (χ2n) is 14.3. The van der Waals surface area contributed by atoms with Crippen LogP contribution < -0.4 is 5.56 Å². The van der Waals surface area contributed by atoms with Crippen molar-refractivity contribution in [3.63, 3.8) is 0 Å². The minimum atomic E-state index is -4.38. The standard InChI is InChI=1S/C39H43F5N4O2.C4H6O6/c1-3-46(4-2)24-25-47(23-7-8-27-13-15-28(16-14-27)29-17-20-31(21-18-29)39(42,43)44)36(49)26-48-34-12-6-10-32(34)38(50)45-35(48)22-19-30-9-5-11-33(40)37(30)41;5-1(3(7)8)2(6)4(9)10/h5,9,11,13-18,20-21H,3-4,6-8,10,12,19,22-26H2,1-2H3;1-2,5-6H,(H,7,8)(H,9,10)/t;1-,2-/m.1/s1. The lowest BCUT2D eigenvalue weighted by molar-refractivity contribution is -0.165. The maximum atomic E-state index is 14.5. The maximum absolute atomic E-state index is 14.5. The van der Waals surface area contributed by atoms with Gasteiger partial charge in [0.1, 0.15) is 12.4 Å². The summed E-state index contributed by atoms with van der Waals surface area (Å²) in [7, 11) is 0. The fraction of sp³-hybridized carbons (Fsp3) is 0.419. The van der Waals surface area contributed by atoms with Crippen LogP contribution in [0.4, 0.5) is 22.0 Å². The first-order valence-electron chi connectivity index (χ1n) is 19.6. The van der Waals surface area contributed by atoms with Crippen LogP contribution >= 0.6 is 0 Å². The Hall–Kier alpha value is -5.52. The number of nitrogens with zero attached hydrogens (tertiary/aromatic N) is 4. The van der Waals surface area contributed by atoms with E-state index in [1.165, 1.54) is 24.3 Å². The number of aliphatic hydroxyl groups is 2. The highest BCUT2D eigenvalue weighted by Crippen LogP contribution is 2.31. The minimum absolute atomic E-state index is 0.00332. The highest BCUT2D eigenvalue weighted by atomic mass is 19.4. The summed E-state index contributed by atoms with van der Waals surface area (Å²) in [6.07, 6.45) is -5.20. The quantitative estimate of drug-likeness (QED) is 0.0981. The number of carbonyl (C=O) groups is 3. The van der Waals surface area contributed by atoms with Gasteiger partial charge in [-0.2, -0.15) is 18.2 Å². The van der Waals surface area contributed by atoms with E-state index in [1.807, 2.05) is 33.7 Å². The highest BCUT2D eigenvalue weighted by molar-refractivity contribution is 5.83. The number of hydrogen-bond donors (Lipinski definition) is 4. The lowest BCUT2D eigenvalue weighted by atomic mass is 10.0. The molecule has 0 bridgehead atoms. The number of carboxylic acids is 2. The van der Waals surface area contributed by atoms with E-state index < -0.39 is 47.5 Å². The summed E-state index contributed by atoms with van der Waals surface area (Å²) in [5.41, 5.74) is 3.15. The van der Waals surface area contributed by atoms with Crippen molar-refractivity contribution in [2.24, 2.45) is 0 Å². The smallest absolute Gasteiger partial charge is 0.416 e. The van der Waals surface area contributed by atoms with Gasteiger partial charge in [0.25, 0.3) is 5.56 Å². The Balaban J connectivity index is 0.000000703. The molecule has 12 nitrogen and oxygen atoms in total. The Morgan fingerprint density at radius 2 is 1.40 bits per heavy atom. The molecule has 4 N–H and O–H groups in total. The minimum Gasteiger partial charge on any atom is -0.479 e. The number of hydrogen-bond acceptors (Lipinski definition) is 8. The molecule has 0 saturated heterocycles. The van der Waals surface area contributed by atoms with Crippen molar-refractivity contribution in [2.75, 3.05) is 32.7 Å². The monoisotopic (exact) mass is 844 g/mol. The van der Waals surface area contributed by atoms with Crippen LogP contribution in [-0.2, 0) is 59.2 Å². The number of aromatic nitrogens is 2. The fourth-order valence-corrected chi connectivity index (χ4v) is 6.88. The molecule has 1 aromatic heterocycles. The van der Waals surface area contributed by atoms with Crippen molar-refractivity contribution in [2.45, 2.75) is 83.7 Å². The topological polar surface area (TPSA) is 174 Å². The van der Waals surface area contributed by atoms with Crippen LogP contribution in [0.15, 0.2) is 71.5 Å². The molecule has 1 aliphatic rings. The molecular weight excluding hydrogens is 795 g/mol. The van der Waals surface area contributed by atoms with Gasteiger partial charge >= 0.3 is 18.1 Å². The molecule has 3 aromatic carbocycles. The maximum Gasteiger partial charge on any atom is 0.416 e. The molecule has 0 aliphatic heterocycles. The second kappa shape index (κ2) is 21.7. The van der Waals surface area contributed by atoms with E-state index in [0.29, 0.717) is 62.3 Å². The van der Waals surface area contributed by atoms with E-state index in [2.05, 4.69) is 23.7 Å². The van der Waals surface area contributed by atoms with Gasteiger partial charge in [-0.3, -0.25) is 9.59 Å². The number of carbonyl (C=O) groups excluding carboxylic acids is 1. The van der Waals surface area contributed by atoms with Gasteiger partial charge in [-0.05, 0) is 92.1 Å². The number of aryl methyl sites for hydroxylation is 3. The van der Waals surface area contributed by atoms with E-state index in [1.54, 1.807) is 0 Å². The number of benzene rings is 3. The summed E-state index contributed by atoms with van der Waals surface area (Å²) in [6, 6.07) is 16.8. The van der Waals surface area contributed by atoms with Crippen LogP contribution in [0.1, 0.15) is 60.5 Å². The fourth-order valence-electron chi connectivity index (χ4n) is 6.88. The number of alkyl halides is 3. The summed E-state index contributed by atoms with van der Waals surface area (Å²) < 4.78 is 69.1. The molecule has 2 atom stereocenters. The lowest BCUT2D eigenvalue weighted by Gasteiger charge is -2.28. The number of amides is 1. The van der Waals surface area contributed by atoms with Crippen molar-refractivity contribution in [1.29, 1.82) is 0 Å². The molecule has 4 aromatic rings. The molecule has 0 radical (unpaired) electrons. The number of carboxylic acid groups (broad SMARTS) is 2. The van der Waals surface area contributed by atoms with Crippen molar-refractivity contribution >= 4 is 17.8 Å². The lowest BCUT2D eigenvalue weighted by Crippen LogP contribution is -2.41. The van der Waals surface area contributed by atoms with Crippen molar-refractivity contribution in [3.8, 4) is 11.1 Å². The summed E-state index contributed by atoms with van der Waals surface area (Å²) in [5.74, 6) is -5.10. The summed E-state index contributed by atoms with van der Waals surface area (Å²) in [5, 5.41) is 32.5. The Morgan fingerprint density at radius 1 is 0.800 bits per heavy atom. The van der Waals surface area contributed by atoms with Crippen molar-refractivity contribution < 1.29 is 56.8 Å². The second-order valence-corrected chi connectivity index (χ2v) is 14.3. The summed E-state index contributed by atoms with van der Waals surface area (Å²) in [4.78, 5) is 54.9. The molecule has 1 amide bonds. The Bertz CT molecular complexity index is 2120. The predicted molar refractivity (Wildman–Crippen MR) is 211 cm³/mol. The molecule has 60 heavy (non-hydrogen) atoms. The third-order valence-electron chi connectivity index (χ3n) is 10.4. The normalized spacial score (nSPS) is 13.3. The molecule has 0 saturated carbocycles. The summed E-state index contributed by atoms with van der Waals surface area (Å²) in [6.45, 7) is 7.57. The number of rotatable bonds is 18. The van der Waals surface area contributed by atoms with E-state index in [4.69, 9.17) is 20.4 Å². The number of aliphatic carboxylic acids is 2. The highest BCUT2D eigenvalue weighted by Gasteiger charge is 2.31. The Morgan fingerprint density at radius 3 is 1.97 bits per heavy atom. The summed E-state index contributed by atoms with van der Waals surface area (Å²) >= 11 is 0. The van der Waals surface area contributed by atoms with Gasteiger partial charge < -0.3 is 34.8 Å². The molecule has 0 fully saturated rings. The van der Waals surface area contributed by atoms with E-state index in [9.17, 15) is 41.1 Å². The van der Waals surface area contributed by atoms with Gasteiger partial charge in [-0.25, -0.2) is 18.4 Å². The van der Waals surface area contributed by atoms with Gasteiger partial charge in [0.15, 0.2) is 23.8 Å². The van der Waals surface area contributed by atoms with E-state index >= 15 is 0 Å². The first-order valence-corrected chi connectivity index (χ1v) is 19.6. The Kier molecular flexibility index (Phi) is 17.0. The number of likely N-dealkylation sites (N-methyl/N-ethyl adjacent to an activating group) is 1. The van der Waals surface area contributed by atoms with Crippen molar-refractivity contribution in [1.82, 2.24) is 19.4 Å². The molecular formula is C43H49F5N4O8. The van der Waals surface area contributed by atoms with Crippen LogP contribution in [0.3, 0.4) is 0 Å². The first kappa shape index (κ1) is 47.2. The van der Waals surface area contributed by atoms with Gasteiger partial charge in [0.2, 0.25) is 5.91 Å². The molecule has 17 heteroatoms. The predicted octanol–water partition coefficient (Wildman–Crippen LogP) is 5.16. The molecule has 5 rings (SSSR count). The van der Waals surface area contributed by atoms with Crippen LogP contribution in [-0.4, -0.2) is 103 Å². The number of fused-ring (bicyclic) bond motifs is 1. The van der Waals surface area contributed by atoms with E-state index in [0.717, 1.165) is 54.5 Å². The average Bonchev–Trinajstić information content (AvgIpc) is 3.73. The van der Waals surface area contributed by atoms with Crippen LogP contribution in [0.2, 0.25) is 0 Å². The van der Waals surface area contributed by atoms with E-state index in [-0.39, 0.29) is 36.4 Å². The molecule has 1 heterocycles. The zero-order valence-electron chi connectivity index (χ0n) is 33.3. The molecule has 0 unspecified atom stereocenters. The van der Waals surface area contributed by atoms with Gasteiger partial charge in [-0.1, -0.05) is 62.4 Å². The largest absolute Gasteiger partial charge is 0.479 e.